The SMILES string of the molecule is O=c1c(C2=NS(=O)(=O)c3ccccc3N2)c(O)c2ccccc2n1Cc1ccccc1[N+](=O)[O-]. The average molecular weight is 476 g/mol. The summed E-state index contributed by atoms with van der Waals surface area (Å²) in [6, 6.07) is 18.5. The highest BCUT2D eigenvalue weighted by Gasteiger charge is 2.30. The van der Waals surface area contributed by atoms with Gasteiger partial charge in [-0.15, -0.1) is 4.40 Å². The molecule has 0 atom stereocenters. The second-order valence-corrected chi connectivity index (χ2v) is 9.13. The summed E-state index contributed by atoms with van der Waals surface area (Å²) in [5, 5.41) is 25.6. The number of sulfonamides is 1. The predicted octanol–water partition coefficient (Wildman–Crippen LogP) is 3.22. The van der Waals surface area contributed by atoms with Crippen molar-refractivity contribution in [3.63, 3.8) is 0 Å². The summed E-state index contributed by atoms with van der Waals surface area (Å²) in [6.45, 7) is -0.180. The van der Waals surface area contributed by atoms with Crippen molar-refractivity contribution < 1.29 is 18.4 Å². The topological polar surface area (TPSA) is 144 Å². The maximum absolute atomic E-state index is 13.6. The van der Waals surface area contributed by atoms with Gasteiger partial charge in [0, 0.05) is 17.0 Å². The van der Waals surface area contributed by atoms with Crippen LogP contribution in [-0.4, -0.2) is 28.9 Å². The fourth-order valence-electron chi connectivity index (χ4n) is 3.98. The molecule has 5 rings (SSSR count). The number of hydrogen-bond acceptors (Lipinski definition) is 7. The lowest BCUT2D eigenvalue weighted by molar-refractivity contribution is -0.385. The smallest absolute Gasteiger partial charge is 0.286 e. The van der Waals surface area contributed by atoms with Crippen LogP contribution in [0.1, 0.15) is 11.1 Å². The second-order valence-electron chi connectivity index (χ2n) is 7.55. The third-order valence-electron chi connectivity index (χ3n) is 5.53. The molecule has 4 aromatic rings. The van der Waals surface area contributed by atoms with Crippen LogP contribution >= 0.6 is 0 Å². The Morgan fingerprint density at radius 3 is 2.47 bits per heavy atom. The molecule has 0 spiro atoms. The summed E-state index contributed by atoms with van der Waals surface area (Å²) in [6.07, 6.45) is 0. The van der Waals surface area contributed by atoms with Gasteiger partial charge in [0.25, 0.3) is 21.3 Å². The Kier molecular flexibility index (Phi) is 4.91. The Labute approximate surface area is 192 Å². The fraction of sp³-hybridized carbons (Fsp3) is 0.0435. The molecule has 0 saturated carbocycles. The number of nitrogens with one attached hydrogen (secondary N) is 1. The van der Waals surface area contributed by atoms with E-state index in [1.807, 2.05) is 0 Å². The molecule has 0 bridgehead atoms. The Morgan fingerprint density at radius 2 is 1.68 bits per heavy atom. The number of anilines is 1. The zero-order chi connectivity index (χ0) is 24.0. The van der Waals surface area contributed by atoms with E-state index >= 15 is 0 Å². The van der Waals surface area contributed by atoms with Crippen LogP contribution in [0, 0.1) is 10.1 Å². The average Bonchev–Trinajstić information content (AvgIpc) is 2.82. The summed E-state index contributed by atoms with van der Waals surface area (Å²) in [5.41, 5.74) is -0.465. The van der Waals surface area contributed by atoms with E-state index in [9.17, 15) is 28.4 Å². The van der Waals surface area contributed by atoms with Crippen molar-refractivity contribution in [3.8, 4) is 5.75 Å². The molecular formula is C23H16N4O6S. The minimum absolute atomic E-state index is 0.0562. The number of amidine groups is 1. The van der Waals surface area contributed by atoms with E-state index in [1.165, 1.54) is 34.9 Å². The van der Waals surface area contributed by atoms with Crippen molar-refractivity contribution in [2.24, 2.45) is 4.40 Å². The minimum atomic E-state index is -4.14. The monoisotopic (exact) mass is 476 g/mol. The van der Waals surface area contributed by atoms with Gasteiger partial charge in [0.2, 0.25) is 0 Å². The standard InChI is InChI=1S/C23H16N4O6S/c28-21-15-8-2-5-11-18(15)26(13-14-7-1-4-10-17(14)27(30)31)23(29)20(21)22-24-16-9-3-6-12-19(16)34(32,33)25-22/h1-12,28H,13H2,(H,24,25). The van der Waals surface area contributed by atoms with Gasteiger partial charge >= 0.3 is 0 Å². The number of benzene rings is 3. The van der Waals surface area contributed by atoms with Crippen LogP contribution in [0.5, 0.6) is 5.75 Å². The van der Waals surface area contributed by atoms with E-state index in [4.69, 9.17) is 0 Å². The first-order valence-corrected chi connectivity index (χ1v) is 11.5. The number of para-hydroxylation sites is 3. The van der Waals surface area contributed by atoms with Crippen LogP contribution in [0.15, 0.2) is 86.9 Å². The predicted molar refractivity (Wildman–Crippen MR) is 126 cm³/mol. The normalized spacial score (nSPS) is 14.2. The summed E-state index contributed by atoms with van der Waals surface area (Å²) >= 11 is 0. The van der Waals surface area contributed by atoms with E-state index in [0.717, 1.165) is 0 Å². The molecule has 3 aromatic carbocycles. The first-order valence-electron chi connectivity index (χ1n) is 10.1. The number of fused-ring (bicyclic) bond motifs is 2. The summed E-state index contributed by atoms with van der Waals surface area (Å²) in [4.78, 5) is 24.5. The highest BCUT2D eigenvalue weighted by atomic mass is 32.2. The molecule has 2 N–H and O–H groups in total. The quantitative estimate of drug-likeness (QED) is 0.340. The van der Waals surface area contributed by atoms with Gasteiger partial charge in [-0.25, -0.2) is 0 Å². The van der Waals surface area contributed by atoms with Crippen molar-refractivity contribution in [3.05, 3.63) is 104 Å². The van der Waals surface area contributed by atoms with Gasteiger partial charge in [0.1, 0.15) is 16.2 Å². The van der Waals surface area contributed by atoms with Crippen LogP contribution in [0.4, 0.5) is 11.4 Å². The zero-order valence-electron chi connectivity index (χ0n) is 17.4. The van der Waals surface area contributed by atoms with Gasteiger partial charge in [0.05, 0.1) is 22.7 Å². The van der Waals surface area contributed by atoms with Crippen molar-refractivity contribution in [1.29, 1.82) is 0 Å². The largest absolute Gasteiger partial charge is 0.506 e. The summed E-state index contributed by atoms with van der Waals surface area (Å²) in [7, 11) is -4.14. The molecule has 0 fully saturated rings. The molecule has 2 heterocycles. The number of nitro groups is 1. The Morgan fingerprint density at radius 1 is 1.00 bits per heavy atom. The third-order valence-corrected chi connectivity index (χ3v) is 6.86. The first-order chi connectivity index (χ1) is 16.3. The lowest BCUT2D eigenvalue weighted by Gasteiger charge is -2.20. The first kappa shape index (κ1) is 21.3. The van der Waals surface area contributed by atoms with E-state index in [2.05, 4.69) is 9.71 Å². The molecule has 1 aliphatic rings. The van der Waals surface area contributed by atoms with Crippen LogP contribution in [0.2, 0.25) is 0 Å². The van der Waals surface area contributed by atoms with Crippen LogP contribution < -0.4 is 10.9 Å². The highest BCUT2D eigenvalue weighted by molar-refractivity contribution is 7.90. The van der Waals surface area contributed by atoms with Crippen LogP contribution in [-0.2, 0) is 16.6 Å². The molecule has 11 heteroatoms. The Hall–Kier alpha value is -4.51. The minimum Gasteiger partial charge on any atom is -0.506 e. The van der Waals surface area contributed by atoms with Gasteiger partial charge in [-0.1, -0.05) is 42.5 Å². The molecule has 0 amide bonds. The number of hydrogen-bond donors (Lipinski definition) is 2. The number of rotatable bonds is 4. The number of nitro benzene ring substituents is 1. The maximum Gasteiger partial charge on any atom is 0.286 e. The van der Waals surface area contributed by atoms with Gasteiger partial charge in [0.15, 0.2) is 5.84 Å². The van der Waals surface area contributed by atoms with Crippen LogP contribution in [0.3, 0.4) is 0 Å². The zero-order valence-corrected chi connectivity index (χ0v) is 18.2. The summed E-state index contributed by atoms with van der Waals surface area (Å²) in [5.74, 6) is -0.775. The fourth-order valence-corrected chi connectivity index (χ4v) is 5.10. The molecule has 170 valence electrons. The number of pyridine rings is 1. The van der Waals surface area contributed by atoms with Crippen molar-refractivity contribution in [1.82, 2.24) is 4.57 Å². The molecule has 34 heavy (non-hydrogen) atoms. The number of aromatic hydroxyl groups is 1. The molecule has 0 radical (unpaired) electrons. The Balaban J connectivity index is 1.77. The van der Waals surface area contributed by atoms with Gasteiger partial charge in [-0.3, -0.25) is 14.9 Å². The lowest BCUT2D eigenvalue weighted by atomic mass is 10.1. The molecule has 0 saturated heterocycles. The molecular weight excluding hydrogens is 460 g/mol. The number of nitrogens with zero attached hydrogens (tertiary/aromatic N) is 3. The van der Waals surface area contributed by atoms with Gasteiger partial charge in [-0.05, 0) is 24.3 Å². The van der Waals surface area contributed by atoms with Crippen LogP contribution in [0.25, 0.3) is 10.9 Å². The molecule has 1 aliphatic heterocycles. The van der Waals surface area contributed by atoms with E-state index in [1.54, 1.807) is 42.5 Å². The van der Waals surface area contributed by atoms with Crippen molar-refractivity contribution >= 4 is 38.1 Å². The molecule has 1 aromatic heterocycles. The van der Waals surface area contributed by atoms with Crippen molar-refractivity contribution in [2.45, 2.75) is 11.4 Å². The molecule has 10 nitrogen and oxygen atoms in total. The Bertz CT molecular complexity index is 1690. The molecule has 0 unspecified atom stereocenters. The lowest BCUT2D eigenvalue weighted by Crippen LogP contribution is -2.33. The van der Waals surface area contributed by atoms with Gasteiger partial charge in [-0.2, -0.15) is 8.42 Å². The third kappa shape index (κ3) is 3.39. The summed E-state index contributed by atoms with van der Waals surface area (Å²) < 4.78 is 30.5. The van der Waals surface area contributed by atoms with E-state index in [0.29, 0.717) is 5.52 Å². The van der Waals surface area contributed by atoms with Crippen molar-refractivity contribution in [2.75, 3.05) is 5.32 Å². The van der Waals surface area contributed by atoms with Gasteiger partial charge < -0.3 is 15.0 Å². The second kappa shape index (κ2) is 7.81. The molecule has 0 aliphatic carbocycles. The van der Waals surface area contributed by atoms with E-state index < -0.39 is 26.3 Å². The maximum atomic E-state index is 13.6. The number of aromatic nitrogens is 1. The van der Waals surface area contributed by atoms with E-state index in [-0.39, 0.29) is 45.2 Å². The highest BCUT2D eigenvalue weighted by Crippen LogP contribution is 2.32.